The summed E-state index contributed by atoms with van der Waals surface area (Å²) in [5.41, 5.74) is 1.46. The number of halogens is 3. The van der Waals surface area contributed by atoms with E-state index < -0.39 is 11.6 Å². The van der Waals surface area contributed by atoms with Gasteiger partial charge in [-0.05, 0) is 35.0 Å². The normalized spacial score (nSPS) is 10.3. The van der Waals surface area contributed by atoms with Gasteiger partial charge in [0.15, 0.2) is 0 Å². The molecule has 2 rings (SSSR count). The Kier molecular flexibility index (Phi) is 4.31. The van der Waals surface area contributed by atoms with Gasteiger partial charge >= 0.3 is 0 Å². The lowest BCUT2D eigenvalue weighted by Gasteiger charge is -2.10. The zero-order chi connectivity index (χ0) is 13.8. The van der Waals surface area contributed by atoms with E-state index >= 15 is 0 Å². The number of anilines is 3. The number of nitrogens with one attached hydrogen (secondary N) is 2. The maximum absolute atomic E-state index is 13.7. The van der Waals surface area contributed by atoms with Crippen LogP contribution < -0.4 is 10.6 Å². The van der Waals surface area contributed by atoms with Gasteiger partial charge in [-0.1, -0.05) is 0 Å². The van der Waals surface area contributed by atoms with Crippen LogP contribution in [0.15, 0.2) is 35.1 Å². The van der Waals surface area contributed by atoms with Gasteiger partial charge in [-0.3, -0.25) is 4.98 Å². The van der Waals surface area contributed by atoms with Crippen LogP contribution >= 0.6 is 15.9 Å². The number of rotatable bonds is 4. The Morgan fingerprint density at radius 1 is 1.11 bits per heavy atom. The van der Waals surface area contributed by atoms with Crippen LogP contribution in [-0.4, -0.2) is 11.5 Å². The highest BCUT2D eigenvalue weighted by atomic mass is 79.9. The predicted octanol–water partition coefficient (Wildman–Crippen LogP) is 4.30. The van der Waals surface area contributed by atoms with E-state index in [1.807, 2.05) is 6.92 Å². The molecule has 0 aliphatic rings. The Balaban J connectivity index is 2.25. The average Bonchev–Trinajstić information content (AvgIpc) is 2.37. The third-order valence-electron chi connectivity index (χ3n) is 2.41. The van der Waals surface area contributed by atoms with E-state index in [1.165, 1.54) is 0 Å². The molecule has 2 N–H and O–H groups in total. The summed E-state index contributed by atoms with van der Waals surface area (Å²) in [6.45, 7) is 2.72. The van der Waals surface area contributed by atoms with E-state index in [1.54, 1.807) is 18.5 Å². The molecule has 0 saturated heterocycles. The molecular weight excluding hydrogens is 316 g/mol. The Labute approximate surface area is 118 Å². The zero-order valence-corrected chi connectivity index (χ0v) is 11.8. The molecule has 1 aromatic heterocycles. The van der Waals surface area contributed by atoms with Crippen LogP contribution in [0.3, 0.4) is 0 Å². The minimum absolute atomic E-state index is 0.0659. The molecule has 3 nitrogen and oxygen atoms in total. The second-order valence-corrected chi connectivity index (χ2v) is 4.72. The molecule has 0 saturated carbocycles. The van der Waals surface area contributed by atoms with Crippen molar-refractivity contribution in [1.82, 2.24) is 4.98 Å². The van der Waals surface area contributed by atoms with E-state index in [-0.39, 0.29) is 10.2 Å². The molecule has 0 spiro atoms. The zero-order valence-electron chi connectivity index (χ0n) is 10.2. The van der Waals surface area contributed by atoms with E-state index in [4.69, 9.17) is 0 Å². The summed E-state index contributed by atoms with van der Waals surface area (Å²) in [5.74, 6) is -1.07. The maximum atomic E-state index is 13.7. The van der Waals surface area contributed by atoms with Gasteiger partial charge in [-0.2, -0.15) is 0 Å². The molecule has 0 fully saturated rings. The van der Waals surface area contributed by atoms with Crippen molar-refractivity contribution in [2.45, 2.75) is 6.92 Å². The summed E-state index contributed by atoms with van der Waals surface area (Å²) in [6, 6.07) is 3.95. The maximum Gasteiger partial charge on any atom is 0.147 e. The third-order valence-corrected chi connectivity index (χ3v) is 3.02. The van der Waals surface area contributed by atoms with Crippen molar-refractivity contribution in [1.29, 1.82) is 0 Å². The number of benzene rings is 1. The molecule has 0 unspecified atom stereocenters. The molecule has 6 heteroatoms. The van der Waals surface area contributed by atoms with Gasteiger partial charge in [0.25, 0.3) is 0 Å². The fourth-order valence-corrected chi connectivity index (χ4v) is 1.90. The van der Waals surface area contributed by atoms with Crippen molar-refractivity contribution in [3.8, 4) is 0 Å². The lowest BCUT2D eigenvalue weighted by Crippen LogP contribution is -2.00. The Hall–Kier alpha value is -1.69. The summed E-state index contributed by atoms with van der Waals surface area (Å²) in [4.78, 5) is 4.02. The van der Waals surface area contributed by atoms with E-state index in [2.05, 4.69) is 31.5 Å². The molecular formula is C13H12BrF2N3. The third kappa shape index (κ3) is 3.41. The first kappa shape index (κ1) is 13.7. The summed E-state index contributed by atoms with van der Waals surface area (Å²) < 4.78 is 27.1. The highest BCUT2D eigenvalue weighted by molar-refractivity contribution is 9.10. The fourth-order valence-electron chi connectivity index (χ4n) is 1.58. The predicted molar refractivity (Wildman–Crippen MR) is 75.7 cm³/mol. The van der Waals surface area contributed by atoms with Crippen molar-refractivity contribution >= 4 is 33.0 Å². The highest BCUT2D eigenvalue weighted by Crippen LogP contribution is 2.26. The smallest absolute Gasteiger partial charge is 0.147 e. The van der Waals surface area contributed by atoms with Gasteiger partial charge in [0.05, 0.1) is 33.9 Å². The minimum atomic E-state index is -0.540. The SMILES string of the molecule is CCNc1cncc(Nc2cc(F)c(Br)cc2F)c1. The first-order valence-corrected chi connectivity index (χ1v) is 6.50. The van der Waals surface area contributed by atoms with Gasteiger partial charge in [-0.15, -0.1) is 0 Å². The molecule has 2 aromatic rings. The quantitative estimate of drug-likeness (QED) is 0.822. The van der Waals surface area contributed by atoms with Gasteiger partial charge in [-0.25, -0.2) is 8.78 Å². The van der Waals surface area contributed by atoms with Gasteiger partial charge in [0.1, 0.15) is 11.6 Å². The molecule has 0 atom stereocenters. The number of aromatic nitrogens is 1. The summed E-state index contributed by atoms with van der Waals surface area (Å²) >= 11 is 2.93. The number of nitrogens with zero attached hydrogens (tertiary/aromatic N) is 1. The number of pyridine rings is 1. The van der Waals surface area contributed by atoms with Crippen LogP contribution in [0.4, 0.5) is 25.8 Å². The minimum Gasteiger partial charge on any atom is -0.384 e. The van der Waals surface area contributed by atoms with Crippen molar-refractivity contribution in [3.63, 3.8) is 0 Å². The molecule has 100 valence electrons. The Morgan fingerprint density at radius 2 is 1.84 bits per heavy atom. The first-order valence-electron chi connectivity index (χ1n) is 5.70. The van der Waals surface area contributed by atoms with E-state index in [9.17, 15) is 8.78 Å². The topological polar surface area (TPSA) is 37.0 Å². The average molecular weight is 328 g/mol. The summed E-state index contributed by atoms with van der Waals surface area (Å²) in [5, 5.41) is 5.89. The lowest BCUT2D eigenvalue weighted by atomic mass is 10.2. The first-order chi connectivity index (χ1) is 9.10. The molecule has 0 aliphatic carbocycles. The van der Waals surface area contributed by atoms with E-state index in [0.29, 0.717) is 5.69 Å². The molecule has 1 aromatic carbocycles. The molecule has 0 amide bonds. The molecule has 1 heterocycles. The Bertz CT molecular complexity index is 590. The fraction of sp³-hybridized carbons (Fsp3) is 0.154. The van der Waals surface area contributed by atoms with Crippen molar-refractivity contribution < 1.29 is 8.78 Å². The monoisotopic (exact) mass is 327 g/mol. The van der Waals surface area contributed by atoms with Crippen LogP contribution in [-0.2, 0) is 0 Å². The van der Waals surface area contributed by atoms with Crippen LogP contribution in [0.25, 0.3) is 0 Å². The molecule has 19 heavy (non-hydrogen) atoms. The van der Waals surface area contributed by atoms with Crippen LogP contribution in [0, 0.1) is 11.6 Å². The summed E-state index contributed by atoms with van der Waals surface area (Å²) in [6.07, 6.45) is 3.20. The van der Waals surface area contributed by atoms with Crippen LogP contribution in [0.5, 0.6) is 0 Å². The van der Waals surface area contributed by atoms with Crippen LogP contribution in [0.1, 0.15) is 6.92 Å². The second-order valence-electron chi connectivity index (χ2n) is 3.86. The summed E-state index contributed by atoms with van der Waals surface area (Å²) in [7, 11) is 0. The van der Waals surface area contributed by atoms with Crippen LogP contribution in [0.2, 0.25) is 0 Å². The lowest BCUT2D eigenvalue weighted by molar-refractivity contribution is 0.598. The van der Waals surface area contributed by atoms with E-state index in [0.717, 1.165) is 24.4 Å². The number of hydrogen-bond donors (Lipinski definition) is 2. The second kappa shape index (κ2) is 5.97. The van der Waals surface area contributed by atoms with Gasteiger partial charge < -0.3 is 10.6 Å². The molecule has 0 radical (unpaired) electrons. The van der Waals surface area contributed by atoms with Crippen molar-refractivity contribution in [2.24, 2.45) is 0 Å². The van der Waals surface area contributed by atoms with Gasteiger partial charge in [0, 0.05) is 12.6 Å². The van der Waals surface area contributed by atoms with Crippen molar-refractivity contribution in [2.75, 3.05) is 17.2 Å². The standard InChI is InChI=1S/C13H12BrF2N3/c1-2-18-8-3-9(7-17-6-8)19-13-5-11(15)10(14)4-12(13)16/h3-7,18-19H,2H2,1H3. The van der Waals surface area contributed by atoms with Crippen molar-refractivity contribution in [3.05, 3.63) is 46.7 Å². The largest absolute Gasteiger partial charge is 0.384 e. The Morgan fingerprint density at radius 3 is 2.58 bits per heavy atom. The number of hydrogen-bond acceptors (Lipinski definition) is 3. The molecule has 0 bridgehead atoms. The molecule has 0 aliphatic heterocycles. The van der Waals surface area contributed by atoms with Gasteiger partial charge in [0.2, 0.25) is 0 Å². The highest BCUT2D eigenvalue weighted by Gasteiger charge is 2.08.